The first kappa shape index (κ1) is 15.3. The first-order valence-corrected chi connectivity index (χ1v) is 3.78. The zero-order valence-corrected chi connectivity index (χ0v) is 9.44. The minimum Gasteiger partial charge on any atom is -1.00 e. The standard InChI is InChI=1S/C7H7F6N2.BrH/c1-14-2-3-15(4-14)7(12,13)5(8)6(9,10)11;/h2-5H,1H3;1H/q+1;/p-1. The molecule has 94 valence electrons. The van der Waals surface area contributed by atoms with E-state index >= 15 is 0 Å². The van der Waals surface area contributed by atoms with Crippen LogP contribution in [0.1, 0.15) is 0 Å². The molecular formula is C7H7BrF6N2. The maximum atomic E-state index is 12.9. The number of aryl methyl sites for hydroxylation is 1. The van der Waals surface area contributed by atoms with Crippen LogP contribution in [0.5, 0.6) is 0 Å². The average Bonchev–Trinajstić information content (AvgIpc) is 2.49. The Morgan fingerprint density at radius 2 is 1.69 bits per heavy atom. The van der Waals surface area contributed by atoms with Crippen LogP contribution in [0.15, 0.2) is 18.7 Å². The largest absolute Gasteiger partial charge is 1.00 e. The van der Waals surface area contributed by atoms with Gasteiger partial charge >= 0.3 is 18.4 Å². The second-order valence-electron chi connectivity index (χ2n) is 2.98. The van der Waals surface area contributed by atoms with Gasteiger partial charge < -0.3 is 17.0 Å². The number of imidazole rings is 1. The maximum absolute atomic E-state index is 12.9. The molecule has 0 amide bonds. The highest BCUT2D eigenvalue weighted by Crippen LogP contribution is 2.34. The molecule has 16 heavy (non-hydrogen) atoms. The molecule has 0 saturated carbocycles. The monoisotopic (exact) mass is 312 g/mol. The third kappa shape index (κ3) is 2.89. The maximum Gasteiger partial charge on any atom is 0.437 e. The molecule has 0 aliphatic heterocycles. The van der Waals surface area contributed by atoms with E-state index in [9.17, 15) is 26.3 Å². The van der Waals surface area contributed by atoms with Gasteiger partial charge in [0.1, 0.15) is 12.4 Å². The van der Waals surface area contributed by atoms with Crippen LogP contribution < -0.4 is 21.5 Å². The second-order valence-corrected chi connectivity index (χ2v) is 2.98. The Morgan fingerprint density at radius 3 is 2.00 bits per heavy atom. The summed E-state index contributed by atoms with van der Waals surface area (Å²) in [6.07, 6.45) is -7.41. The van der Waals surface area contributed by atoms with Crippen LogP contribution in [0.3, 0.4) is 0 Å². The van der Waals surface area contributed by atoms with Gasteiger partial charge in [0.25, 0.3) is 0 Å². The van der Waals surface area contributed by atoms with Crippen LogP contribution >= 0.6 is 0 Å². The summed E-state index contributed by atoms with van der Waals surface area (Å²) in [7, 11) is 1.33. The van der Waals surface area contributed by atoms with Gasteiger partial charge in [-0.3, -0.25) is 0 Å². The van der Waals surface area contributed by atoms with Crippen LogP contribution in [0.2, 0.25) is 0 Å². The van der Waals surface area contributed by atoms with Crippen molar-refractivity contribution in [2.75, 3.05) is 0 Å². The van der Waals surface area contributed by atoms with Gasteiger partial charge in [-0.15, -0.1) is 0 Å². The lowest BCUT2D eigenvalue weighted by molar-refractivity contribution is -0.833. The molecule has 0 fully saturated rings. The Labute approximate surface area is 97.2 Å². The molecule has 1 aromatic rings. The van der Waals surface area contributed by atoms with Crippen molar-refractivity contribution in [3.05, 3.63) is 18.7 Å². The molecular weight excluding hydrogens is 306 g/mol. The molecule has 0 radical (unpaired) electrons. The lowest BCUT2D eigenvalue weighted by atomic mass is 10.3. The first-order valence-electron chi connectivity index (χ1n) is 3.78. The second kappa shape index (κ2) is 4.64. The van der Waals surface area contributed by atoms with E-state index in [1.807, 2.05) is 0 Å². The highest BCUT2D eigenvalue weighted by atomic mass is 79.9. The van der Waals surface area contributed by atoms with E-state index in [-0.39, 0.29) is 21.5 Å². The van der Waals surface area contributed by atoms with Crippen molar-refractivity contribution < 1.29 is 47.9 Å². The summed E-state index contributed by atoms with van der Waals surface area (Å²) in [6.45, 7) is 0. The quantitative estimate of drug-likeness (QED) is 0.477. The summed E-state index contributed by atoms with van der Waals surface area (Å²) >= 11 is 0. The van der Waals surface area contributed by atoms with Gasteiger partial charge in [0.05, 0.1) is 7.05 Å². The van der Waals surface area contributed by atoms with Crippen LogP contribution in [-0.2, 0) is 13.1 Å². The Bertz CT molecular complexity index is 347. The number of alkyl halides is 6. The third-order valence-corrected chi connectivity index (χ3v) is 1.71. The number of halogens is 7. The third-order valence-electron chi connectivity index (χ3n) is 1.71. The first-order chi connectivity index (χ1) is 6.65. The smallest absolute Gasteiger partial charge is 0.437 e. The average molecular weight is 313 g/mol. The number of hydrogen-bond donors (Lipinski definition) is 0. The van der Waals surface area contributed by atoms with Crippen LogP contribution in [-0.4, -0.2) is 16.9 Å². The van der Waals surface area contributed by atoms with Gasteiger partial charge in [0, 0.05) is 0 Å². The molecule has 0 aliphatic carbocycles. The highest BCUT2D eigenvalue weighted by molar-refractivity contribution is 4.73. The molecule has 2 nitrogen and oxygen atoms in total. The highest BCUT2D eigenvalue weighted by Gasteiger charge is 2.61. The SMILES string of the molecule is Cn1cc[n+](C(F)(F)C(F)C(F)(F)F)c1.[Br-]. The van der Waals surface area contributed by atoms with E-state index in [4.69, 9.17) is 0 Å². The zero-order chi connectivity index (χ0) is 11.9. The molecule has 0 N–H and O–H groups in total. The van der Waals surface area contributed by atoms with Crippen molar-refractivity contribution in [2.45, 2.75) is 18.4 Å². The molecule has 0 saturated heterocycles. The molecule has 1 atom stereocenters. The van der Waals surface area contributed by atoms with Gasteiger partial charge in [0.2, 0.25) is 6.33 Å². The summed E-state index contributed by atoms with van der Waals surface area (Å²) in [5.74, 6) is 0. The van der Waals surface area contributed by atoms with Crippen molar-refractivity contribution >= 4 is 0 Å². The molecule has 1 heterocycles. The molecule has 0 aromatic carbocycles. The van der Waals surface area contributed by atoms with E-state index < -0.39 is 18.4 Å². The normalized spacial score (nSPS) is 14.4. The van der Waals surface area contributed by atoms with Crippen molar-refractivity contribution in [1.82, 2.24) is 4.57 Å². The lowest BCUT2D eigenvalue weighted by Gasteiger charge is -2.18. The van der Waals surface area contributed by atoms with Crippen LogP contribution in [0.25, 0.3) is 0 Å². The summed E-state index contributed by atoms with van der Waals surface area (Å²) < 4.78 is 74.6. The summed E-state index contributed by atoms with van der Waals surface area (Å²) in [6, 6.07) is -4.64. The number of hydrogen-bond acceptors (Lipinski definition) is 0. The molecule has 0 aliphatic rings. The zero-order valence-electron chi connectivity index (χ0n) is 7.85. The predicted molar refractivity (Wildman–Crippen MR) is 36.7 cm³/mol. The van der Waals surface area contributed by atoms with Crippen molar-refractivity contribution in [1.29, 1.82) is 0 Å². The number of rotatable bonds is 2. The summed E-state index contributed by atoms with van der Waals surface area (Å²) in [4.78, 5) is 0. The van der Waals surface area contributed by atoms with Crippen LogP contribution in [0.4, 0.5) is 26.3 Å². The van der Waals surface area contributed by atoms with E-state index in [0.717, 1.165) is 10.8 Å². The molecule has 1 rings (SSSR count). The van der Waals surface area contributed by atoms with Gasteiger partial charge in [0.15, 0.2) is 0 Å². The van der Waals surface area contributed by atoms with E-state index in [0.29, 0.717) is 12.5 Å². The Hall–Kier alpha value is -0.730. The Balaban J connectivity index is 0.00000225. The van der Waals surface area contributed by atoms with Crippen molar-refractivity contribution in [2.24, 2.45) is 7.05 Å². The number of nitrogens with zero attached hydrogens (tertiary/aromatic N) is 2. The fourth-order valence-corrected chi connectivity index (χ4v) is 0.954. The fraction of sp³-hybridized carbons (Fsp3) is 0.571. The van der Waals surface area contributed by atoms with Gasteiger partial charge in [-0.2, -0.15) is 26.5 Å². The minimum absolute atomic E-state index is 0. The Kier molecular flexibility index (Phi) is 4.43. The summed E-state index contributed by atoms with van der Waals surface area (Å²) in [5, 5.41) is 0. The molecule has 9 heteroatoms. The Morgan fingerprint density at radius 1 is 1.19 bits per heavy atom. The topological polar surface area (TPSA) is 8.81 Å². The lowest BCUT2D eigenvalue weighted by Crippen LogP contribution is -3.00. The van der Waals surface area contributed by atoms with E-state index in [1.165, 1.54) is 7.05 Å². The molecule has 1 unspecified atom stereocenters. The predicted octanol–water partition coefficient (Wildman–Crippen LogP) is -1.23. The van der Waals surface area contributed by atoms with Gasteiger partial charge in [-0.05, 0) is 0 Å². The van der Waals surface area contributed by atoms with Crippen molar-refractivity contribution in [3.63, 3.8) is 0 Å². The van der Waals surface area contributed by atoms with Crippen molar-refractivity contribution in [3.8, 4) is 0 Å². The number of aromatic nitrogens is 2. The minimum atomic E-state index is -5.59. The molecule has 0 bridgehead atoms. The van der Waals surface area contributed by atoms with Crippen LogP contribution in [0, 0.1) is 0 Å². The molecule has 0 spiro atoms. The molecule has 1 aromatic heterocycles. The van der Waals surface area contributed by atoms with Gasteiger partial charge in [-0.1, -0.05) is 0 Å². The summed E-state index contributed by atoms with van der Waals surface area (Å²) in [5.41, 5.74) is 0. The van der Waals surface area contributed by atoms with E-state index in [1.54, 1.807) is 0 Å². The fourth-order valence-electron chi connectivity index (χ4n) is 0.954. The van der Waals surface area contributed by atoms with E-state index in [2.05, 4.69) is 0 Å². The van der Waals surface area contributed by atoms with Gasteiger partial charge in [-0.25, -0.2) is 8.96 Å².